The van der Waals surface area contributed by atoms with Crippen molar-refractivity contribution in [2.24, 2.45) is 7.05 Å². The molecule has 0 saturated carbocycles. The van der Waals surface area contributed by atoms with E-state index in [-0.39, 0.29) is 5.82 Å². The first-order valence-corrected chi connectivity index (χ1v) is 5.94. The Kier molecular flexibility index (Phi) is 3.52. The van der Waals surface area contributed by atoms with E-state index in [9.17, 15) is 4.39 Å². The predicted octanol–water partition coefficient (Wildman–Crippen LogP) is 2.66. The molecule has 0 saturated heterocycles. The normalized spacial score (nSPS) is 10.3. The summed E-state index contributed by atoms with van der Waals surface area (Å²) in [6.07, 6.45) is 1.78. The van der Waals surface area contributed by atoms with Crippen molar-refractivity contribution in [2.75, 3.05) is 5.32 Å². The van der Waals surface area contributed by atoms with Crippen molar-refractivity contribution < 1.29 is 4.39 Å². The van der Waals surface area contributed by atoms with Gasteiger partial charge in [0.1, 0.15) is 5.82 Å². The number of nitrogens with zero attached hydrogens (tertiary/aromatic N) is 3. The molecule has 0 unspecified atom stereocenters. The minimum atomic E-state index is -0.371. The Morgan fingerprint density at radius 1 is 1.42 bits per heavy atom. The Balaban J connectivity index is 2.22. The van der Waals surface area contributed by atoms with Crippen molar-refractivity contribution in [1.82, 2.24) is 9.78 Å². The van der Waals surface area contributed by atoms with Crippen LogP contribution in [0.15, 0.2) is 18.3 Å². The number of rotatable bonds is 3. The van der Waals surface area contributed by atoms with Crippen LogP contribution in [0.25, 0.3) is 0 Å². The lowest BCUT2D eigenvalue weighted by Crippen LogP contribution is -2.04. The fourth-order valence-electron chi connectivity index (χ4n) is 1.84. The smallest absolute Gasteiger partial charge is 0.129 e. The molecule has 98 valence electrons. The highest BCUT2D eigenvalue weighted by Crippen LogP contribution is 2.21. The lowest BCUT2D eigenvalue weighted by atomic mass is 10.1. The van der Waals surface area contributed by atoms with Crippen molar-refractivity contribution in [1.29, 1.82) is 5.26 Å². The number of nitrogens with one attached hydrogen (secondary N) is 1. The van der Waals surface area contributed by atoms with E-state index in [0.717, 1.165) is 11.3 Å². The molecule has 1 aromatic heterocycles. The van der Waals surface area contributed by atoms with Gasteiger partial charge in [0.05, 0.1) is 17.8 Å². The SMILES string of the molecule is Cc1c(F)cc(C#N)cc1NCc1cnn(C)c1C. The molecule has 0 fully saturated rings. The van der Waals surface area contributed by atoms with Gasteiger partial charge in [-0.2, -0.15) is 10.4 Å². The van der Waals surface area contributed by atoms with Gasteiger partial charge in [-0.15, -0.1) is 0 Å². The second-order valence-corrected chi connectivity index (χ2v) is 4.47. The predicted molar refractivity (Wildman–Crippen MR) is 71.1 cm³/mol. The number of aromatic nitrogens is 2. The van der Waals surface area contributed by atoms with E-state index in [0.29, 0.717) is 23.4 Å². The van der Waals surface area contributed by atoms with Crippen LogP contribution in [0.3, 0.4) is 0 Å². The molecule has 0 bridgehead atoms. The van der Waals surface area contributed by atoms with Crippen LogP contribution < -0.4 is 5.32 Å². The molecule has 0 aliphatic rings. The van der Waals surface area contributed by atoms with Gasteiger partial charge in [-0.25, -0.2) is 4.39 Å². The monoisotopic (exact) mass is 258 g/mol. The maximum Gasteiger partial charge on any atom is 0.129 e. The zero-order valence-corrected chi connectivity index (χ0v) is 11.2. The Morgan fingerprint density at radius 3 is 2.74 bits per heavy atom. The first-order chi connectivity index (χ1) is 9.02. The topological polar surface area (TPSA) is 53.6 Å². The maximum atomic E-state index is 13.6. The van der Waals surface area contributed by atoms with Gasteiger partial charge in [0.25, 0.3) is 0 Å². The first-order valence-electron chi connectivity index (χ1n) is 5.94. The third-order valence-electron chi connectivity index (χ3n) is 3.28. The van der Waals surface area contributed by atoms with E-state index >= 15 is 0 Å². The summed E-state index contributed by atoms with van der Waals surface area (Å²) in [4.78, 5) is 0. The second-order valence-electron chi connectivity index (χ2n) is 4.47. The molecule has 0 aliphatic heterocycles. The van der Waals surface area contributed by atoms with E-state index in [1.807, 2.05) is 20.0 Å². The van der Waals surface area contributed by atoms with E-state index in [2.05, 4.69) is 10.4 Å². The summed E-state index contributed by atoms with van der Waals surface area (Å²) >= 11 is 0. The molecule has 19 heavy (non-hydrogen) atoms. The van der Waals surface area contributed by atoms with E-state index < -0.39 is 0 Å². The fourth-order valence-corrected chi connectivity index (χ4v) is 1.84. The molecule has 2 aromatic rings. The van der Waals surface area contributed by atoms with Crippen LogP contribution >= 0.6 is 0 Å². The molecule has 0 radical (unpaired) electrons. The molecular formula is C14H15FN4. The van der Waals surface area contributed by atoms with E-state index in [1.54, 1.807) is 23.9 Å². The summed E-state index contributed by atoms with van der Waals surface area (Å²) in [7, 11) is 1.88. The van der Waals surface area contributed by atoms with Crippen LogP contribution in [-0.2, 0) is 13.6 Å². The minimum Gasteiger partial charge on any atom is -0.381 e. The van der Waals surface area contributed by atoms with Crippen LogP contribution in [0.4, 0.5) is 10.1 Å². The molecule has 1 aromatic carbocycles. The second kappa shape index (κ2) is 5.11. The largest absolute Gasteiger partial charge is 0.381 e. The molecule has 1 N–H and O–H groups in total. The summed E-state index contributed by atoms with van der Waals surface area (Å²) < 4.78 is 15.4. The quantitative estimate of drug-likeness (QED) is 0.920. The van der Waals surface area contributed by atoms with Gasteiger partial charge >= 0.3 is 0 Å². The van der Waals surface area contributed by atoms with Crippen molar-refractivity contribution >= 4 is 5.69 Å². The first kappa shape index (κ1) is 13.1. The Morgan fingerprint density at radius 2 is 2.16 bits per heavy atom. The van der Waals surface area contributed by atoms with Crippen LogP contribution in [0.5, 0.6) is 0 Å². The molecule has 4 nitrogen and oxygen atoms in total. The summed E-state index contributed by atoms with van der Waals surface area (Å²) in [5.74, 6) is -0.371. The fraction of sp³-hybridized carbons (Fsp3) is 0.286. The lowest BCUT2D eigenvalue weighted by molar-refractivity contribution is 0.618. The molecule has 0 spiro atoms. The average Bonchev–Trinajstić information content (AvgIpc) is 2.71. The van der Waals surface area contributed by atoms with Crippen molar-refractivity contribution in [3.05, 3.63) is 46.5 Å². The molecular weight excluding hydrogens is 243 g/mol. The third kappa shape index (κ3) is 2.58. The number of halogens is 1. The van der Waals surface area contributed by atoms with Crippen LogP contribution in [0, 0.1) is 31.0 Å². The zero-order chi connectivity index (χ0) is 14.0. The van der Waals surface area contributed by atoms with Gasteiger partial charge in [-0.3, -0.25) is 4.68 Å². The highest BCUT2D eigenvalue weighted by Gasteiger charge is 2.08. The Hall–Kier alpha value is -2.35. The summed E-state index contributed by atoms with van der Waals surface area (Å²) in [6, 6.07) is 4.86. The van der Waals surface area contributed by atoms with Crippen molar-refractivity contribution in [3.63, 3.8) is 0 Å². The number of aryl methyl sites for hydroxylation is 1. The number of benzene rings is 1. The molecule has 0 aliphatic carbocycles. The number of anilines is 1. The molecule has 2 rings (SSSR count). The highest BCUT2D eigenvalue weighted by molar-refractivity contribution is 5.56. The standard InChI is InChI=1S/C14H15FN4/c1-9-13(15)4-11(6-16)5-14(9)17-7-12-8-18-19(3)10(12)2/h4-5,8,17H,7H2,1-3H3. The van der Waals surface area contributed by atoms with Gasteiger partial charge in [-0.05, 0) is 26.0 Å². The van der Waals surface area contributed by atoms with Crippen LogP contribution in [0.1, 0.15) is 22.4 Å². The molecule has 1 heterocycles. The Bertz CT molecular complexity index is 652. The zero-order valence-electron chi connectivity index (χ0n) is 11.2. The summed E-state index contributed by atoms with van der Waals surface area (Å²) in [6.45, 7) is 4.22. The number of hydrogen-bond donors (Lipinski definition) is 1. The van der Waals surface area contributed by atoms with Crippen molar-refractivity contribution in [3.8, 4) is 6.07 Å². The van der Waals surface area contributed by atoms with Gasteiger partial charge < -0.3 is 5.32 Å². The maximum absolute atomic E-state index is 13.6. The van der Waals surface area contributed by atoms with Crippen LogP contribution in [0.2, 0.25) is 0 Å². The van der Waals surface area contributed by atoms with E-state index in [1.165, 1.54) is 6.07 Å². The van der Waals surface area contributed by atoms with Crippen LogP contribution in [-0.4, -0.2) is 9.78 Å². The highest BCUT2D eigenvalue weighted by atomic mass is 19.1. The molecule has 0 amide bonds. The number of nitriles is 1. The average molecular weight is 258 g/mol. The summed E-state index contributed by atoms with van der Waals surface area (Å²) in [5, 5.41) is 16.2. The Labute approximate surface area is 111 Å². The molecule has 0 atom stereocenters. The number of hydrogen-bond acceptors (Lipinski definition) is 3. The minimum absolute atomic E-state index is 0.313. The molecule has 5 heteroatoms. The summed E-state index contributed by atoms with van der Waals surface area (Å²) in [5.41, 5.74) is 3.57. The third-order valence-corrected chi connectivity index (χ3v) is 3.28. The van der Waals surface area contributed by atoms with Gasteiger partial charge in [0.15, 0.2) is 0 Å². The van der Waals surface area contributed by atoms with Gasteiger partial charge in [0.2, 0.25) is 0 Å². The van der Waals surface area contributed by atoms with E-state index in [4.69, 9.17) is 5.26 Å². The van der Waals surface area contributed by atoms with Gasteiger partial charge in [-0.1, -0.05) is 0 Å². The lowest BCUT2D eigenvalue weighted by Gasteiger charge is -2.10. The van der Waals surface area contributed by atoms with Gasteiger partial charge in [0, 0.05) is 36.1 Å². The van der Waals surface area contributed by atoms with Crippen molar-refractivity contribution in [2.45, 2.75) is 20.4 Å².